The molecule has 1 N–H and O–H groups in total. The summed E-state index contributed by atoms with van der Waals surface area (Å²) in [6.45, 7) is 4.02. The molecule has 0 fully saturated rings. The second-order valence-corrected chi connectivity index (χ2v) is 5.32. The second kappa shape index (κ2) is 5.11. The van der Waals surface area contributed by atoms with Crippen LogP contribution in [0.3, 0.4) is 0 Å². The number of H-pyrrole nitrogens is 1. The molecule has 0 amide bonds. The standard InChI is InChI=1S/C10H12ClN5OS/c1-5(2)6-7(11)12-4-13-8(6)18-10-15-14-9(17)16(10)3/h4-5H,1-3H3,(H,14,17). The number of hydrogen-bond donors (Lipinski definition) is 1. The van der Waals surface area contributed by atoms with Crippen molar-refractivity contribution in [3.63, 3.8) is 0 Å². The summed E-state index contributed by atoms with van der Waals surface area (Å²) in [7, 11) is 1.64. The third-order valence-corrected chi connectivity index (χ3v) is 3.77. The van der Waals surface area contributed by atoms with E-state index in [1.165, 1.54) is 22.7 Å². The average Bonchev–Trinajstić information content (AvgIpc) is 2.60. The summed E-state index contributed by atoms with van der Waals surface area (Å²) in [5.74, 6) is 0.192. The van der Waals surface area contributed by atoms with Gasteiger partial charge in [0.05, 0.1) is 0 Å². The fourth-order valence-corrected chi connectivity index (χ4v) is 2.87. The summed E-state index contributed by atoms with van der Waals surface area (Å²) >= 11 is 7.36. The highest BCUT2D eigenvalue weighted by molar-refractivity contribution is 7.99. The first-order valence-electron chi connectivity index (χ1n) is 5.30. The molecular weight excluding hydrogens is 274 g/mol. The van der Waals surface area contributed by atoms with Crippen LogP contribution < -0.4 is 5.69 Å². The van der Waals surface area contributed by atoms with Gasteiger partial charge >= 0.3 is 5.69 Å². The molecule has 0 aromatic carbocycles. The van der Waals surface area contributed by atoms with Gasteiger partial charge in [0.2, 0.25) is 0 Å². The molecule has 0 aliphatic carbocycles. The average molecular weight is 286 g/mol. The van der Waals surface area contributed by atoms with Crippen LogP contribution in [0.15, 0.2) is 21.3 Å². The van der Waals surface area contributed by atoms with E-state index in [-0.39, 0.29) is 11.6 Å². The molecule has 96 valence electrons. The van der Waals surface area contributed by atoms with E-state index >= 15 is 0 Å². The lowest BCUT2D eigenvalue weighted by atomic mass is 10.1. The number of aromatic nitrogens is 5. The van der Waals surface area contributed by atoms with Gasteiger partial charge in [0.25, 0.3) is 0 Å². The molecule has 0 atom stereocenters. The van der Waals surface area contributed by atoms with Crippen LogP contribution in [0.1, 0.15) is 25.3 Å². The Balaban J connectivity index is 2.43. The van der Waals surface area contributed by atoms with Gasteiger partial charge < -0.3 is 0 Å². The summed E-state index contributed by atoms with van der Waals surface area (Å²) in [6.07, 6.45) is 1.40. The SMILES string of the molecule is CC(C)c1c(Cl)ncnc1Sc1n[nH]c(=O)n1C. The Morgan fingerprint density at radius 2 is 2.17 bits per heavy atom. The van der Waals surface area contributed by atoms with E-state index in [4.69, 9.17) is 11.6 Å². The van der Waals surface area contributed by atoms with Crippen molar-refractivity contribution >= 4 is 23.4 Å². The van der Waals surface area contributed by atoms with Gasteiger partial charge in [0, 0.05) is 12.6 Å². The van der Waals surface area contributed by atoms with Crippen LogP contribution in [0.4, 0.5) is 0 Å². The van der Waals surface area contributed by atoms with Crippen LogP contribution >= 0.6 is 23.4 Å². The van der Waals surface area contributed by atoms with Gasteiger partial charge in [-0.05, 0) is 17.7 Å². The Kier molecular flexibility index (Phi) is 3.72. The van der Waals surface area contributed by atoms with Gasteiger partial charge in [-0.2, -0.15) is 0 Å². The van der Waals surface area contributed by atoms with Crippen molar-refractivity contribution in [2.75, 3.05) is 0 Å². The predicted octanol–water partition coefficient (Wildman–Crippen LogP) is 1.83. The van der Waals surface area contributed by atoms with E-state index in [1.54, 1.807) is 7.05 Å². The number of aromatic amines is 1. The van der Waals surface area contributed by atoms with Crippen LogP contribution in [0.2, 0.25) is 5.15 Å². The molecule has 18 heavy (non-hydrogen) atoms. The van der Waals surface area contributed by atoms with Crippen molar-refractivity contribution in [1.82, 2.24) is 24.7 Å². The van der Waals surface area contributed by atoms with Crippen LogP contribution in [0.25, 0.3) is 0 Å². The summed E-state index contributed by atoms with van der Waals surface area (Å²) in [6, 6.07) is 0. The zero-order chi connectivity index (χ0) is 13.3. The summed E-state index contributed by atoms with van der Waals surface area (Å²) in [4.78, 5) is 19.5. The van der Waals surface area contributed by atoms with Crippen LogP contribution in [-0.2, 0) is 7.05 Å². The van der Waals surface area contributed by atoms with Crippen molar-refractivity contribution < 1.29 is 0 Å². The maximum Gasteiger partial charge on any atom is 0.343 e. The van der Waals surface area contributed by atoms with E-state index in [2.05, 4.69) is 20.2 Å². The molecule has 0 aliphatic heterocycles. The van der Waals surface area contributed by atoms with E-state index in [0.717, 1.165) is 5.56 Å². The molecule has 2 aromatic heterocycles. The Bertz CT molecular complexity index is 621. The van der Waals surface area contributed by atoms with Gasteiger partial charge in [-0.1, -0.05) is 25.4 Å². The Hall–Kier alpha value is -1.34. The Morgan fingerprint density at radius 1 is 1.44 bits per heavy atom. The molecule has 6 nitrogen and oxygen atoms in total. The molecule has 2 aromatic rings. The van der Waals surface area contributed by atoms with Gasteiger partial charge in [-0.3, -0.25) is 4.57 Å². The predicted molar refractivity (Wildman–Crippen MR) is 69.1 cm³/mol. The highest BCUT2D eigenvalue weighted by atomic mass is 35.5. The minimum absolute atomic E-state index is 0.192. The lowest BCUT2D eigenvalue weighted by molar-refractivity contribution is 0.758. The first-order valence-corrected chi connectivity index (χ1v) is 6.49. The lowest BCUT2D eigenvalue weighted by Gasteiger charge is -2.11. The van der Waals surface area contributed by atoms with Crippen molar-refractivity contribution in [2.24, 2.45) is 7.05 Å². The molecule has 8 heteroatoms. The van der Waals surface area contributed by atoms with Gasteiger partial charge in [-0.15, -0.1) is 5.10 Å². The van der Waals surface area contributed by atoms with Crippen LogP contribution in [0, 0.1) is 0 Å². The first kappa shape index (κ1) is 13.1. The molecule has 0 bridgehead atoms. The lowest BCUT2D eigenvalue weighted by Crippen LogP contribution is -2.13. The van der Waals surface area contributed by atoms with Crippen LogP contribution in [-0.4, -0.2) is 24.7 Å². The second-order valence-electron chi connectivity index (χ2n) is 4.01. The Morgan fingerprint density at radius 3 is 2.72 bits per heavy atom. The Labute approximate surface area is 113 Å². The van der Waals surface area contributed by atoms with Crippen molar-refractivity contribution in [3.05, 3.63) is 27.5 Å². The maximum absolute atomic E-state index is 11.3. The van der Waals surface area contributed by atoms with Crippen molar-refractivity contribution in [2.45, 2.75) is 29.9 Å². The minimum Gasteiger partial charge on any atom is -0.273 e. The maximum atomic E-state index is 11.3. The fraction of sp³-hybridized carbons (Fsp3) is 0.400. The molecule has 2 heterocycles. The quantitative estimate of drug-likeness (QED) is 0.871. The summed E-state index contributed by atoms with van der Waals surface area (Å²) in [5.41, 5.74) is 0.600. The molecule has 2 rings (SSSR count). The van der Waals surface area contributed by atoms with Gasteiger partial charge in [0.15, 0.2) is 5.16 Å². The van der Waals surface area contributed by atoms with Crippen LogP contribution in [0.5, 0.6) is 0 Å². The molecular formula is C10H12ClN5OS. The highest BCUT2D eigenvalue weighted by Gasteiger charge is 2.17. The first-order chi connectivity index (χ1) is 8.50. The molecule has 0 aliphatic rings. The van der Waals surface area contributed by atoms with Gasteiger partial charge in [0.1, 0.15) is 16.5 Å². The van der Waals surface area contributed by atoms with Crippen molar-refractivity contribution in [3.8, 4) is 0 Å². The molecule has 0 saturated carbocycles. The summed E-state index contributed by atoms with van der Waals surface area (Å²) < 4.78 is 1.42. The van der Waals surface area contributed by atoms with Crippen molar-refractivity contribution in [1.29, 1.82) is 0 Å². The zero-order valence-electron chi connectivity index (χ0n) is 10.1. The topological polar surface area (TPSA) is 76.5 Å². The fourth-order valence-electron chi connectivity index (χ4n) is 1.44. The van der Waals surface area contributed by atoms with Gasteiger partial charge in [-0.25, -0.2) is 19.9 Å². The smallest absolute Gasteiger partial charge is 0.273 e. The zero-order valence-corrected chi connectivity index (χ0v) is 11.7. The molecule has 0 saturated heterocycles. The third kappa shape index (κ3) is 2.41. The van der Waals surface area contributed by atoms with E-state index < -0.39 is 0 Å². The largest absolute Gasteiger partial charge is 0.343 e. The number of rotatable bonds is 3. The normalized spacial score (nSPS) is 11.2. The molecule has 0 spiro atoms. The van der Waals surface area contributed by atoms with E-state index in [9.17, 15) is 4.79 Å². The number of nitrogens with one attached hydrogen (secondary N) is 1. The monoisotopic (exact) mass is 285 g/mol. The summed E-state index contributed by atoms with van der Waals surface area (Å²) in [5, 5.41) is 7.99. The third-order valence-electron chi connectivity index (χ3n) is 2.40. The highest BCUT2D eigenvalue weighted by Crippen LogP contribution is 2.33. The number of halogens is 1. The minimum atomic E-state index is -0.260. The van der Waals surface area contributed by atoms with E-state index in [0.29, 0.717) is 15.3 Å². The van der Waals surface area contributed by atoms with E-state index in [1.807, 2.05) is 13.8 Å². The number of nitrogens with zero attached hydrogens (tertiary/aromatic N) is 4. The molecule has 0 radical (unpaired) electrons. The number of hydrogen-bond acceptors (Lipinski definition) is 5. The molecule has 0 unspecified atom stereocenters.